The van der Waals surface area contributed by atoms with Gasteiger partial charge in [-0.3, -0.25) is 4.79 Å². The van der Waals surface area contributed by atoms with E-state index in [2.05, 4.69) is 5.32 Å². The zero-order chi connectivity index (χ0) is 16.7. The summed E-state index contributed by atoms with van der Waals surface area (Å²) in [5, 5.41) is 2.79. The minimum absolute atomic E-state index is 0.201. The SMILES string of the molecule is Cc1ccccc1C(=O)OCC(=O)NC[C@H](C)c1ccccc1. The van der Waals surface area contributed by atoms with Crippen molar-refractivity contribution in [3.05, 3.63) is 71.3 Å². The maximum absolute atomic E-state index is 11.9. The molecule has 0 saturated carbocycles. The lowest BCUT2D eigenvalue weighted by molar-refractivity contribution is -0.124. The summed E-state index contributed by atoms with van der Waals surface area (Å²) >= 11 is 0. The number of benzene rings is 2. The Labute approximate surface area is 136 Å². The van der Waals surface area contributed by atoms with Crippen molar-refractivity contribution in [2.45, 2.75) is 19.8 Å². The maximum Gasteiger partial charge on any atom is 0.338 e. The van der Waals surface area contributed by atoms with Gasteiger partial charge in [0.15, 0.2) is 6.61 Å². The summed E-state index contributed by atoms with van der Waals surface area (Å²) in [5.41, 5.74) is 2.47. The molecule has 0 aliphatic carbocycles. The Hall–Kier alpha value is -2.62. The van der Waals surface area contributed by atoms with E-state index in [4.69, 9.17) is 4.74 Å². The molecule has 2 rings (SSSR count). The minimum Gasteiger partial charge on any atom is -0.452 e. The van der Waals surface area contributed by atoms with Gasteiger partial charge in [-0.25, -0.2) is 4.79 Å². The van der Waals surface area contributed by atoms with Crippen molar-refractivity contribution in [2.24, 2.45) is 0 Å². The Morgan fingerprint density at radius 1 is 1.04 bits per heavy atom. The third-order valence-electron chi connectivity index (χ3n) is 3.67. The molecule has 0 spiro atoms. The summed E-state index contributed by atoms with van der Waals surface area (Å²) in [4.78, 5) is 23.7. The molecule has 0 aliphatic rings. The van der Waals surface area contributed by atoms with Crippen molar-refractivity contribution in [3.8, 4) is 0 Å². The molecule has 2 aromatic rings. The number of aryl methyl sites for hydroxylation is 1. The van der Waals surface area contributed by atoms with Gasteiger partial charge < -0.3 is 10.1 Å². The smallest absolute Gasteiger partial charge is 0.338 e. The van der Waals surface area contributed by atoms with Crippen LogP contribution in [0.25, 0.3) is 0 Å². The number of hydrogen-bond donors (Lipinski definition) is 1. The first kappa shape index (κ1) is 16.7. The molecule has 120 valence electrons. The molecule has 2 aromatic carbocycles. The van der Waals surface area contributed by atoms with Crippen molar-refractivity contribution in [3.63, 3.8) is 0 Å². The molecule has 0 fully saturated rings. The quantitative estimate of drug-likeness (QED) is 0.834. The summed E-state index contributed by atoms with van der Waals surface area (Å²) in [6.45, 7) is 4.10. The third kappa shape index (κ3) is 4.95. The average molecular weight is 311 g/mol. The van der Waals surface area contributed by atoms with E-state index in [-0.39, 0.29) is 18.4 Å². The second-order valence-electron chi connectivity index (χ2n) is 5.51. The molecule has 0 aliphatic heterocycles. The molecule has 1 atom stereocenters. The fourth-order valence-corrected chi connectivity index (χ4v) is 2.23. The Morgan fingerprint density at radius 3 is 2.39 bits per heavy atom. The summed E-state index contributed by atoms with van der Waals surface area (Å²) in [6.07, 6.45) is 0. The van der Waals surface area contributed by atoms with Crippen molar-refractivity contribution in [2.75, 3.05) is 13.2 Å². The van der Waals surface area contributed by atoms with E-state index in [1.807, 2.05) is 56.3 Å². The molecule has 0 bridgehead atoms. The van der Waals surface area contributed by atoms with Crippen molar-refractivity contribution in [1.29, 1.82) is 0 Å². The highest BCUT2D eigenvalue weighted by molar-refractivity contribution is 5.92. The van der Waals surface area contributed by atoms with E-state index in [9.17, 15) is 9.59 Å². The monoisotopic (exact) mass is 311 g/mol. The highest BCUT2D eigenvalue weighted by Crippen LogP contribution is 2.13. The first-order valence-electron chi connectivity index (χ1n) is 7.62. The van der Waals surface area contributed by atoms with Crippen molar-refractivity contribution in [1.82, 2.24) is 5.32 Å². The van der Waals surface area contributed by atoms with Gasteiger partial charge in [0.2, 0.25) is 0 Å². The molecule has 4 heteroatoms. The fourth-order valence-electron chi connectivity index (χ4n) is 2.23. The number of ether oxygens (including phenoxy) is 1. The molecular weight excluding hydrogens is 290 g/mol. The standard InChI is InChI=1S/C19H21NO3/c1-14-8-6-7-11-17(14)19(22)23-13-18(21)20-12-15(2)16-9-4-3-5-10-16/h3-11,15H,12-13H2,1-2H3,(H,20,21)/t15-/m0/s1. The van der Waals surface area contributed by atoms with Crippen LogP contribution < -0.4 is 5.32 Å². The summed E-state index contributed by atoms with van der Waals surface area (Å²) in [5.74, 6) is -0.573. The molecule has 1 amide bonds. The summed E-state index contributed by atoms with van der Waals surface area (Å²) in [7, 11) is 0. The summed E-state index contributed by atoms with van der Waals surface area (Å²) in [6, 6.07) is 17.1. The number of carbonyl (C=O) groups is 2. The second kappa shape index (κ2) is 8.13. The molecular formula is C19H21NO3. The lowest BCUT2D eigenvalue weighted by Gasteiger charge is -2.13. The largest absolute Gasteiger partial charge is 0.452 e. The first-order valence-corrected chi connectivity index (χ1v) is 7.62. The van der Waals surface area contributed by atoms with Gasteiger partial charge in [-0.05, 0) is 30.0 Å². The Morgan fingerprint density at radius 2 is 1.70 bits per heavy atom. The molecule has 1 N–H and O–H groups in total. The van der Waals surface area contributed by atoms with Gasteiger partial charge in [-0.1, -0.05) is 55.5 Å². The second-order valence-corrected chi connectivity index (χ2v) is 5.51. The lowest BCUT2D eigenvalue weighted by atomic mass is 10.0. The van der Waals surface area contributed by atoms with Gasteiger partial charge in [-0.2, -0.15) is 0 Å². The van der Waals surface area contributed by atoms with Crippen LogP contribution in [0.4, 0.5) is 0 Å². The van der Waals surface area contributed by atoms with Gasteiger partial charge in [0, 0.05) is 6.54 Å². The van der Waals surface area contributed by atoms with E-state index in [1.54, 1.807) is 12.1 Å². The van der Waals surface area contributed by atoms with E-state index >= 15 is 0 Å². The Balaban J connectivity index is 1.77. The topological polar surface area (TPSA) is 55.4 Å². The minimum atomic E-state index is -0.477. The zero-order valence-electron chi connectivity index (χ0n) is 13.4. The molecule has 4 nitrogen and oxygen atoms in total. The number of nitrogens with one attached hydrogen (secondary N) is 1. The van der Waals surface area contributed by atoms with E-state index in [1.165, 1.54) is 0 Å². The molecule has 0 saturated heterocycles. The molecule has 0 heterocycles. The lowest BCUT2D eigenvalue weighted by Crippen LogP contribution is -2.31. The van der Waals surface area contributed by atoms with Crippen LogP contribution in [-0.2, 0) is 9.53 Å². The number of hydrogen-bond acceptors (Lipinski definition) is 3. The molecule has 0 radical (unpaired) electrons. The van der Waals surface area contributed by atoms with Crippen LogP contribution in [-0.4, -0.2) is 25.0 Å². The van der Waals surface area contributed by atoms with Gasteiger partial charge >= 0.3 is 5.97 Å². The Bertz CT molecular complexity index is 667. The zero-order valence-corrected chi connectivity index (χ0v) is 13.4. The van der Waals surface area contributed by atoms with Crippen LogP contribution in [0.1, 0.15) is 34.3 Å². The highest BCUT2D eigenvalue weighted by Gasteiger charge is 2.13. The summed E-state index contributed by atoms with van der Waals surface area (Å²) < 4.78 is 5.06. The fraction of sp³-hybridized carbons (Fsp3) is 0.263. The predicted molar refractivity (Wildman–Crippen MR) is 89.3 cm³/mol. The maximum atomic E-state index is 11.9. The average Bonchev–Trinajstić information content (AvgIpc) is 2.58. The molecule has 0 unspecified atom stereocenters. The number of carbonyl (C=O) groups excluding carboxylic acids is 2. The first-order chi connectivity index (χ1) is 11.1. The van der Waals surface area contributed by atoms with Gasteiger partial charge in [0.1, 0.15) is 0 Å². The number of esters is 1. The van der Waals surface area contributed by atoms with E-state index < -0.39 is 5.97 Å². The van der Waals surface area contributed by atoms with Crippen LogP contribution in [0.3, 0.4) is 0 Å². The molecule has 0 aromatic heterocycles. The third-order valence-corrected chi connectivity index (χ3v) is 3.67. The van der Waals surface area contributed by atoms with E-state index in [0.717, 1.165) is 11.1 Å². The van der Waals surface area contributed by atoms with Crippen LogP contribution in [0.15, 0.2) is 54.6 Å². The van der Waals surface area contributed by atoms with Crippen molar-refractivity contribution >= 4 is 11.9 Å². The van der Waals surface area contributed by atoms with Crippen LogP contribution in [0, 0.1) is 6.92 Å². The predicted octanol–water partition coefficient (Wildman–Crippen LogP) is 3.07. The Kier molecular flexibility index (Phi) is 5.92. The van der Waals surface area contributed by atoms with Crippen LogP contribution >= 0.6 is 0 Å². The number of rotatable bonds is 6. The van der Waals surface area contributed by atoms with Crippen LogP contribution in [0.2, 0.25) is 0 Å². The van der Waals surface area contributed by atoms with Crippen molar-refractivity contribution < 1.29 is 14.3 Å². The molecule has 23 heavy (non-hydrogen) atoms. The van der Waals surface area contributed by atoms with Gasteiger partial charge in [0.05, 0.1) is 5.56 Å². The van der Waals surface area contributed by atoms with Gasteiger partial charge in [0.25, 0.3) is 5.91 Å². The van der Waals surface area contributed by atoms with E-state index in [0.29, 0.717) is 12.1 Å². The van der Waals surface area contributed by atoms with Gasteiger partial charge in [-0.15, -0.1) is 0 Å². The number of amides is 1. The normalized spacial score (nSPS) is 11.6. The van der Waals surface area contributed by atoms with Crippen LogP contribution in [0.5, 0.6) is 0 Å². The highest BCUT2D eigenvalue weighted by atomic mass is 16.5.